The minimum Gasteiger partial charge on any atom is -0.243 e. The maximum absolute atomic E-state index is 4.83. The van der Waals surface area contributed by atoms with Gasteiger partial charge in [0, 0.05) is 12.6 Å². The van der Waals surface area contributed by atoms with Gasteiger partial charge in [-0.25, -0.2) is 4.98 Å². The molecule has 23 heavy (non-hydrogen) atoms. The van der Waals surface area contributed by atoms with Crippen molar-refractivity contribution in [1.82, 2.24) is 4.98 Å². The van der Waals surface area contributed by atoms with Gasteiger partial charge in [0.15, 0.2) is 0 Å². The summed E-state index contributed by atoms with van der Waals surface area (Å²) < 4.78 is 0. The normalized spacial score (nSPS) is 12.0. The number of nitrogens with zero attached hydrogens (tertiary/aromatic N) is 1. The van der Waals surface area contributed by atoms with E-state index < -0.39 is 7.26 Å². The molecule has 0 fully saturated rings. The summed E-state index contributed by atoms with van der Waals surface area (Å²) in [7, 11) is -0.850. The van der Waals surface area contributed by atoms with Crippen LogP contribution in [0.4, 0.5) is 0 Å². The number of aryl methyl sites for hydroxylation is 1. The Morgan fingerprint density at radius 2 is 1.30 bits per heavy atom. The maximum atomic E-state index is 4.83. The molecule has 0 spiro atoms. The lowest BCUT2D eigenvalue weighted by molar-refractivity contribution is 0.740. The zero-order chi connectivity index (χ0) is 17.0. The Kier molecular flexibility index (Phi) is 11.4. The van der Waals surface area contributed by atoms with Crippen LogP contribution in [0.5, 0.6) is 0 Å². The molecule has 1 aromatic heterocycles. The summed E-state index contributed by atoms with van der Waals surface area (Å²) >= 11 is 1.84. The third-order valence-corrected chi connectivity index (χ3v) is 10.5. The van der Waals surface area contributed by atoms with Crippen LogP contribution in [0.1, 0.15) is 89.3 Å². The van der Waals surface area contributed by atoms with Crippen LogP contribution in [-0.2, 0) is 6.16 Å². The second-order valence-corrected chi connectivity index (χ2v) is 12.6. The van der Waals surface area contributed by atoms with Crippen molar-refractivity contribution in [1.29, 1.82) is 0 Å². The Morgan fingerprint density at radius 1 is 0.826 bits per heavy atom. The third-order valence-electron chi connectivity index (χ3n) is 4.87. The Labute approximate surface area is 150 Å². The second kappa shape index (κ2) is 12.4. The minimum absolute atomic E-state index is 0.850. The molecule has 0 atom stereocenters. The SMILES string of the molecule is CCCCC[P+](CCCCC)(CCCCC)Cc1csc(C)n1. The Balaban J connectivity index is 2.79. The van der Waals surface area contributed by atoms with Gasteiger partial charge in [-0.1, -0.05) is 59.3 Å². The van der Waals surface area contributed by atoms with E-state index >= 15 is 0 Å². The molecular formula is C20H39NPS+. The van der Waals surface area contributed by atoms with Crippen molar-refractivity contribution in [2.24, 2.45) is 0 Å². The van der Waals surface area contributed by atoms with E-state index in [0.717, 1.165) is 0 Å². The zero-order valence-electron chi connectivity index (χ0n) is 16.1. The molecule has 134 valence electrons. The summed E-state index contributed by atoms with van der Waals surface area (Å²) in [6, 6.07) is 0. The monoisotopic (exact) mass is 356 g/mol. The average molecular weight is 357 g/mol. The minimum atomic E-state index is -0.850. The lowest BCUT2D eigenvalue weighted by Crippen LogP contribution is -2.12. The van der Waals surface area contributed by atoms with Gasteiger partial charge >= 0.3 is 0 Å². The Bertz CT molecular complexity index is 376. The molecule has 0 aliphatic rings. The molecule has 3 heteroatoms. The van der Waals surface area contributed by atoms with Gasteiger partial charge in [0.05, 0.1) is 29.2 Å². The molecule has 1 aromatic rings. The van der Waals surface area contributed by atoms with Gasteiger partial charge in [0.25, 0.3) is 0 Å². The number of aromatic nitrogens is 1. The first kappa shape index (κ1) is 21.1. The topological polar surface area (TPSA) is 12.9 Å². The fraction of sp³-hybridized carbons (Fsp3) is 0.850. The van der Waals surface area contributed by atoms with Crippen LogP contribution in [0, 0.1) is 6.92 Å². The third kappa shape index (κ3) is 8.64. The highest BCUT2D eigenvalue weighted by molar-refractivity contribution is 7.75. The van der Waals surface area contributed by atoms with Gasteiger partial charge in [0.2, 0.25) is 0 Å². The predicted octanol–water partition coefficient (Wildman–Crippen LogP) is 7.54. The van der Waals surface area contributed by atoms with Crippen molar-refractivity contribution < 1.29 is 0 Å². The maximum Gasteiger partial charge on any atom is 0.102 e. The number of unbranched alkanes of at least 4 members (excludes halogenated alkanes) is 6. The summed E-state index contributed by atoms with van der Waals surface area (Å²) in [5, 5.41) is 3.58. The summed E-state index contributed by atoms with van der Waals surface area (Å²) in [5.41, 5.74) is 1.41. The molecular weight excluding hydrogens is 317 g/mol. The molecule has 1 nitrogen and oxygen atoms in total. The van der Waals surface area contributed by atoms with Crippen molar-refractivity contribution in [3.8, 4) is 0 Å². The van der Waals surface area contributed by atoms with E-state index in [1.807, 2.05) is 11.3 Å². The van der Waals surface area contributed by atoms with Gasteiger partial charge in [0.1, 0.15) is 6.16 Å². The molecule has 0 amide bonds. The van der Waals surface area contributed by atoms with Crippen LogP contribution < -0.4 is 0 Å². The van der Waals surface area contributed by atoms with Crippen molar-refractivity contribution in [2.75, 3.05) is 18.5 Å². The molecule has 0 N–H and O–H groups in total. The fourth-order valence-corrected chi connectivity index (χ4v) is 8.90. The molecule has 1 heterocycles. The summed E-state index contributed by atoms with van der Waals surface area (Å²) in [6.07, 6.45) is 18.5. The van der Waals surface area contributed by atoms with Gasteiger partial charge < -0.3 is 0 Å². The van der Waals surface area contributed by atoms with Crippen LogP contribution in [0.25, 0.3) is 0 Å². The van der Waals surface area contributed by atoms with E-state index in [2.05, 4.69) is 33.1 Å². The van der Waals surface area contributed by atoms with Crippen molar-refractivity contribution in [3.63, 3.8) is 0 Å². The van der Waals surface area contributed by atoms with E-state index in [1.54, 1.807) is 0 Å². The highest BCUT2D eigenvalue weighted by atomic mass is 32.1. The van der Waals surface area contributed by atoms with Crippen molar-refractivity contribution in [2.45, 2.75) is 91.6 Å². The van der Waals surface area contributed by atoms with E-state index in [4.69, 9.17) is 4.98 Å². The van der Waals surface area contributed by atoms with Crippen LogP contribution in [0.2, 0.25) is 0 Å². The standard InChI is InChI=1S/C20H39NPS/c1-5-8-11-14-22(15-12-9-6-2,16-13-10-7-3)17-20-18-23-19(4)21-20/h18H,5-17H2,1-4H3/q+1. The Morgan fingerprint density at radius 3 is 1.65 bits per heavy atom. The van der Waals surface area contributed by atoms with E-state index in [0.29, 0.717) is 0 Å². The van der Waals surface area contributed by atoms with E-state index in [1.165, 1.54) is 93.1 Å². The highest BCUT2D eigenvalue weighted by Crippen LogP contribution is 2.63. The van der Waals surface area contributed by atoms with Crippen LogP contribution in [0.15, 0.2) is 5.38 Å². The fourth-order valence-electron chi connectivity index (χ4n) is 3.49. The average Bonchev–Trinajstić information content (AvgIpc) is 2.93. The highest BCUT2D eigenvalue weighted by Gasteiger charge is 2.36. The molecule has 1 rings (SSSR count). The lowest BCUT2D eigenvalue weighted by atomic mass is 10.3. The number of hydrogen-bond donors (Lipinski definition) is 0. The molecule has 0 aromatic carbocycles. The molecule has 0 aliphatic heterocycles. The first-order valence-electron chi connectivity index (χ1n) is 9.92. The van der Waals surface area contributed by atoms with E-state index in [-0.39, 0.29) is 0 Å². The van der Waals surface area contributed by atoms with Gasteiger partial charge in [-0.15, -0.1) is 11.3 Å². The predicted molar refractivity (Wildman–Crippen MR) is 111 cm³/mol. The van der Waals surface area contributed by atoms with Crippen LogP contribution in [-0.4, -0.2) is 23.5 Å². The van der Waals surface area contributed by atoms with E-state index in [9.17, 15) is 0 Å². The van der Waals surface area contributed by atoms with Gasteiger partial charge in [-0.2, -0.15) is 0 Å². The summed E-state index contributed by atoms with van der Waals surface area (Å²) in [4.78, 5) is 4.83. The van der Waals surface area contributed by atoms with Crippen molar-refractivity contribution >= 4 is 18.6 Å². The molecule has 0 radical (unpaired) electrons. The molecule has 0 saturated heterocycles. The quantitative estimate of drug-likeness (QED) is 0.248. The van der Waals surface area contributed by atoms with Crippen LogP contribution in [0.3, 0.4) is 0 Å². The molecule has 0 saturated carbocycles. The zero-order valence-corrected chi connectivity index (χ0v) is 17.8. The second-order valence-electron chi connectivity index (χ2n) is 7.15. The first-order chi connectivity index (χ1) is 11.2. The number of hydrogen-bond acceptors (Lipinski definition) is 2. The van der Waals surface area contributed by atoms with Crippen LogP contribution >= 0.6 is 18.6 Å². The molecule has 0 unspecified atom stereocenters. The largest absolute Gasteiger partial charge is 0.243 e. The smallest absolute Gasteiger partial charge is 0.102 e. The molecule has 0 aliphatic carbocycles. The van der Waals surface area contributed by atoms with Crippen molar-refractivity contribution in [3.05, 3.63) is 16.1 Å². The Hall–Kier alpha value is 0.0600. The lowest BCUT2D eigenvalue weighted by Gasteiger charge is -2.27. The summed E-state index contributed by atoms with van der Waals surface area (Å²) in [5.74, 6) is 0. The number of thiazole rings is 1. The number of rotatable bonds is 14. The summed E-state index contributed by atoms with van der Waals surface area (Å²) in [6.45, 7) is 9.15. The van der Waals surface area contributed by atoms with Gasteiger partial charge in [-0.3, -0.25) is 0 Å². The first-order valence-corrected chi connectivity index (χ1v) is 13.3. The van der Waals surface area contributed by atoms with Gasteiger partial charge in [-0.05, 0) is 26.2 Å². The molecule has 0 bridgehead atoms.